The topological polar surface area (TPSA) is 114 Å². The van der Waals surface area contributed by atoms with E-state index in [-0.39, 0.29) is 12.5 Å². The lowest BCUT2D eigenvalue weighted by molar-refractivity contribution is -0.141. The summed E-state index contributed by atoms with van der Waals surface area (Å²) in [5.74, 6) is -1.83. The van der Waals surface area contributed by atoms with Crippen molar-refractivity contribution >= 4 is 11.9 Å². The molecule has 0 saturated heterocycles. The zero-order chi connectivity index (χ0) is 15.4. The molecule has 2 rings (SSSR count). The highest BCUT2D eigenvalue weighted by Gasteiger charge is 2.28. The molecule has 1 amide bonds. The third-order valence-electron chi connectivity index (χ3n) is 3.74. The van der Waals surface area contributed by atoms with Crippen LogP contribution in [0.15, 0.2) is 9.32 Å². The van der Waals surface area contributed by atoms with Crippen LogP contribution in [0.3, 0.4) is 0 Å². The van der Waals surface area contributed by atoms with Gasteiger partial charge >= 0.3 is 11.7 Å². The lowest BCUT2D eigenvalue weighted by Gasteiger charge is -2.16. The summed E-state index contributed by atoms with van der Waals surface area (Å²) in [5, 5.41) is 15.2. The van der Waals surface area contributed by atoms with E-state index in [2.05, 4.69) is 15.0 Å². The molecule has 1 aliphatic rings. The maximum atomic E-state index is 12.2. The van der Waals surface area contributed by atoms with Crippen LogP contribution >= 0.6 is 0 Å². The van der Waals surface area contributed by atoms with Crippen LogP contribution in [0.1, 0.15) is 44.5 Å². The minimum absolute atomic E-state index is 0.262. The normalized spacial score (nSPS) is 19.4. The average molecular weight is 297 g/mol. The van der Waals surface area contributed by atoms with Crippen LogP contribution in [0.2, 0.25) is 0 Å². The van der Waals surface area contributed by atoms with Gasteiger partial charge in [0.15, 0.2) is 5.82 Å². The largest absolute Gasteiger partial charge is 0.481 e. The van der Waals surface area contributed by atoms with Gasteiger partial charge in [0.2, 0.25) is 5.91 Å². The van der Waals surface area contributed by atoms with Gasteiger partial charge in [-0.1, -0.05) is 18.5 Å². The molecule has 2 heterocycles. The molecule has 8 nitrogen and oxygen atoms in total. The standard InChI is InChI=1S/C13H19N3O5/c1-8(12(18)19)6-7-14-11(17)9-4-2-3-5-10-15-21-13(20)16(9)10/h8-9H,2-7H2,1H3,(H,14,17)(H,18,19). The van der Waals surface area contributed by atoms with Crippen molar-refractivity contribution in [1.82, 2.24) is 15.0 Å². The Morgan fingerprint density at radius 3 is 3.00 bits per heavy atom. The molecule has 0 saturated carbocycles. The number of amides is 1. The molecule has 0 aromatic carbocycles. The zero-order valence-corrected chi connectivity index (χ0v) is 11.9. The molecule has 8 heteroatoms. The van der Waals surface area contributed by atoms with Crippen molar-refractivity contribution in [3.05, 3.63) is 16.4 Å². The fourth-order valence-electron chi connectivity index (χ4n) is 2.41. The van der Waals surface area contributed by atoms with Crippen molar-refractivity contribution in [3.8, 4) is 0 Å². The molecule has 0 radical (unpaired) electrons. The van der Waals surface area contributed by atoms with E-state index in [1.807, 2.05) is 0 Å². The van der Waals surface area contributed by atoms with E-state index in [0.717, 1.165) is 12.8 Å². The fraction of sp³-hybridized carbons (Fsp3) is 0.692. The van der Waals surface area contributed by atoms with Gasteiger partial charge in [-0.15, -0.1) is 0 Å². The number of rotatable bonds is 5. The average Bonchev–Trinajstić information content (AvgIpc) is 2.69. The summed E-state index contributed by atoms with van der Waals surface area (Å²) < 4.78 is 5.94. The third-order valence-corrected chi connectivity index (χ3v) is 3.74. The summed E-state index contributed by atoms with van der Waals surface area (Å²) in [6.07, 6.45) is 3.19. The Balaban J connectivity index is 2.00. The smallest absolute Gasteiger partial charge is 0.442 e. The summed E-state index contributed by atoms with van der Waals surface area (Å²) >= 11 is 0. The van der Waals surface area contributed by atoms with Crippen molar-refractivity contribution < 1.29 is 19.2 Å². The molecular weight excluding hydrogens is 278 g/mol. The Morgan fingerprint density at radius 2 is 2.29 bits per heavy atom. The molecule has 0 aliphatic carbocycles. The molecule has 1 aromatic heterocycles. The molecule has 21 heavy (non-hydrogen) atoms. The molecule has 2 unspecified atom stereocenters. The first-order valence-electron chi connectivity index (χ1n) is 7.08. The predicted molar refractivity (Wildman–Crippen MR) is 71.8 cm³/mol. The second kappa shape index (κ2) is 6.55. The van der Waals surface area contributed by atoms with Crippen LogP contribution in [0.4, 0.5) is 0 Å². The SMILES string of the molecule is CC(CCNC(=O)C1CCCCc2noc(=O)n21)C(=O)O. The minimum atomic E-state index is -0.892. The van der Waals surface area contributed by atoms with Crippen LogP contribution in [-0.2, 0) is 16.0 Å². The molecule has 0 bridgehead atoms. The number of hydrogen-bond acceptors (Lipinski definition) is 5. The van der Waals surface area contributed by atoms with Gasteiger partial charge in [-0.2, -0.15) is 0 Å². The monoisotopic (exact) mass is 297 g/mol. The molecule has 0 fully saturated rings. The van der Waals surface area contributed by atoms with Crippen LogP contribution in [0.5, 0.6) is 0 Å². The Labute approximate surface area is 121 Å². The maximum absolute atomic E-state index is 12.2. The Hall–Kier alpha value is -2.12. The number of carboxylic acid groups (broad SMARTS) is 1. The van der Waals surface area contributed by atoms with Crippen molar-refractivity contribution in [2.45, 2.75) is 45.1 Å². The second-order valence-electron chi connectivity index (χ2n) is 5.32. The lowest BCUT2D eigenvalue weighted by Crippen LogP contribution is -2.37. The zero-order valence-electron chi connectivity index (χ0n) is 11.9. The fourth-order valence-corrected chi connectivity index (χ4v) is 2.41. The van der Waals surface area contributed by atoms with Crippen LogP contribution in [0, 0.1) is 5.92 Å². The number of carboxylic acids is 1. The molecule has 1 aromatic rings. The number of carbonyl (C=O) groups is 2. The summed E-state index contributed by atoms with van der Waals surface area (Å²) in [6.45, 7) is 1.85. The number of nitrogens with zero attached hydrogens (tertiary/aromatic N) is 2. The second-order valence-corrected chi connectivity index (χ2v) is 5.32. The van der Waals surface area contributed by atoms with Crippen molar-refractivity contribution in [2.24, 2.45) is 5.92 Å². The van der Waals surface area contributed by atoms with E-state index < -0.39 is 23.7 Å². The number of aromatic nitrogens is 2. The van der Waals surface area contributed by atoms with E-state index in [9.17, 15) is 14.4 Å². The summed E-state index contributed by atoms with van der Waals surface area (Å²) in [4.78, 5) is 34.6. The van der Waals surface area contributed by atoms with Gasteiger partial charge < -0.3 is 10.4 Å². The lowest BCUT2D eigenvalue weighted by atomic mass is 10.1. The highest BCUT2D eigenvalue weighted by Crippen LogP contribution is 2.21. The van der Waals surface area contributed by atoms with Crippen molar-refractivity contribution in [3.63, 3.8) is 0 Å². The van der Waals surface area contributed by atoms with E-state index >= 15 is 0 Å². The molecule has 116 valence electrons. The van der Waals surface area contributed by atoms with Crippen molar-refractivity contribution in [1.29, 1.82) is 0 Å². The molecule has 0 spiro atoms. The van der Waals surface area contributed by atoms with Crippen LogP contribution in [0.25, 0.3) is 0 Å². The van der Waals surface area contributed by atoms with Gasteiger partial charge in [-0.3, -0.25) is 14.1 Å². The quantitative estimate of drug-likeness (QED) is 0.809. The van der Waals surface area contributed by atoms with Gasteiger partial charge in [0, 0.05) is 13.0 Å². The molecular formula is C13H19N3O5. The number of nitrogens with one attached hydrogen (secondary N) is 1. The Kier molecular flexibility index (Phi) is 4.77. The summed E-state index contributed by atoms with van der Waals surface area (Å²) in [6, 6.07) is -0.624. The third kappa shape index (κ3) is 3.50. The van der Waals surface area contributed by atoms with E-state index in [4.69, 9.17) is 5.11 Å². The predicted octanol–water partition coefficient (Wildman–Crippen LogP) is 0.331. The molecule has 2 atom stereocenters. The highest BCUT2D eigenvalue weighted by molar-refractivity contribution is 5.80. The summed E-state index contributed by atoms with van der Waals surface area (Å²) in [7, 11) is 0. The van der Waals surface area contributed by atoms with Gasteiger partial charge in [-0.05, 0) is 19.3 Å². The molecule has 2 N–H and O–H groups in total. The Bertz CT molecular complexity index is 577. The maximum Gasteiger partial charge on any atom is 0.442 e. The molecule has 1 aliphatic heterocycles. The Morgan fingerprint density at radius 1 is 1.52 bits per heavy atom. The van der Waals surface area contributed by atoms with Crippen LogP contribution in [-0.4, -0.2) is 33.3 Å². The van der Waals surface area contributed by atoms with E-state index in [1.165, 1.54) is 4.57 Å². The minimum Gasteiger partial charge on any atom is -0.481 e. The van der Waals surface area contributed by atoms with E-state index in [0.29, 0.717) is 25.1 Å². The number of hydrogen-bond donors (Lipinski definition) is 2. The van der Waals surface area contributed by atoms with Gasteiger partial charge in [0.1, 0.15) is 6.04 Å². The van der Waals surface area contributed by atoms with Gasteiger partial charge in [0.05, 0.1) is 5.92 Å². The summed E-state index contributed by atoms with van der Waals surface area (Å²) in [5.41, 5.74) is 0. The van der Waals surface area contributed by atoms with Crippen molar-refractivity contribution in [2.75, 3.05) is 6.54 Å². The van der Waals surface area contributed by atoms with Gasteiger partial charge in [-0.25, -0.2) is 9.36 Å². The van der Waals surface area contributed by atoms with Gasteiger partial charge in [0.25, 0.3) is 0 Å². The number of carbonyl (C=O) groups excluding carboxylic acids is 1. The first-order chi connectivity index (χ1) is 10.0. The van der Waals surface area contributed by atoms with Crippen LogP contribution < -0.4 is 11.1 Å². The number of fused-ring (bicyclic) bond motifs is 1. The first-order valence-corrected chi connectivity index (χ1v) is 7.08. The number of aliphatic carboxylic acids is 1. The first kappa shape index (κ1) is 15.3. The van der Waals surface area contributed by atoms with E-state index in [1.54, 1.807) is 6.92 Å². The highest BCUT2D eigenvalue weighted by atomic mass is 16.5. The number of aryl methyl sites for hydroxylation is 1.